The van der Waals surface area contributed by atoms with E-state index in [0.717, 1.165) is 19.6 Å². The molecule has 1 aliphatic rings. The van der Waals surface area contributed by atoms with E-state index in [4.69, 9.17) is 4.74 Å². The molecule has 2 aromatic rings. The molecule has 0 unspecified atom stereocenters. The maximum Gasteiger partial charge on any atom is 0.321 e. The van der Waals surface area contributed by atoms with E-state index in [1.165, 1.54) is 5.56 Å². The number of nitrogens with zero attached hydrogens (tertiary/aromatic N) is 3. The topological polar surface area (TPSA) is 57.7 Å². The van der Waals surface area contributed by atoms with Crippen LogP contribution in [0.2, 0.25) is 0 Å². The van der Waals surface area contributed by atoms with Gasteiger partial charge in [-0.15, -0.1) is 0 Å². The molecule has 3 rings (SSSR count). The lowest BCUT2D eigenvalue weighted by Gasteiger charge is -2.34. The second-order valence-corrected chi connectivity index (χ2v) is 6.12. The van der Waals surface area contributed by atoms with Crippen molar-refractivity contribution >= 4 is 17.8 Å². The second-order valence-electron chi connectivity index (χ2n) is 6.12. The summed E-state index contributed by atoms with van der Waals surface area (Å²) < 4.78 is 5.02. The molecule has 1 aromatic heterocycles. The maximum atomic E-state index is 12.4. The average molecular weight is 352 g/mol. The van der Waals surface area contributed by atoms with E-state index in [1.807, 2.05) is 23.1 Å². The van der Waals surface area contributed by atoms with Crippen molar-refractivity contribution in [3.63, 3.8) is 0 Å². The molecule has 2 amide bonds. The van der Waals surface area contributed by atoms with E-state index in [1.54, 1.807) is 25.4 Å². The average Bonchev–Trinajstić information content (AvgIpc) is 2.70. The zero-order valence-electron chi connectivity index (χ0n) is 15.0. The first-order valence-corrected chi connectivity index (χ1v) is 8.74. The van der Waals surface area contributed by atoms with Crippen LogP contribution < -0.4 is 10.1 Å². The Morgan fingerprint density at radius 2 is 1.92 bits per heavy atom. The molecule has 6 nitrogen and oxygen atoms in total. The number of carbonyl (C=O) groups is 1. The Kier molecular flexibility index (Phi) is 6.22. The van der Waals surface area contributed by atoms with Crippen LogP contribution in [0.3, 0.4) is 0 Å². The zero-order valence-corrected chi connectivity index (χ0v) is 15.0. The summed E-state index contributed by atoms with van der Waals surface area (Å²) in [5.74, 6) is 0.528. The van der Waals surface area contributed by atoms with Crippen molar-refractivity contribution in [1.82, 2.24) is 14.8 Å². The highest BCUT2D eigenvalue weighted by atomic mass is 16.5. The third kappa shape index (κ3) is 5.07. The minimum Gasteiger partial charge on any atom is -0.481 e. The van der Waals surface area contributed by atoms with Crippen molar-refractivity contribution in [2.45, 2.75) is 0 Å². The van der Waals surface area contributed by atoms with Crippen LogP contribution in [-0.2, 0) is 0 Å². The summed E-state index contributed by atoms with van der Waals surface area (Å²) in [5.41, 5.74) is 1.88. The second kappa shape index (κ2) is 9.01. The van der Waals surface area contributed by atoms with Crippen molar-refractivity contribution in [3.05, 3.63) is 60.3 Å². The molecule has 0 bridgehead atoms. The van der Waals surface area contributed by atoms with Gasteiger partial charge in [-0.25, -0.2) is 9.78 Å². The number of ether oxygens (including phenoxy) is 1. The number of urea groups is 1. The molecule has 6 heteroatoms. The minimum atomic E-state index is -0.0866. The van der Waals surface area contributed by atoms with Crippen molar-refractivity contribution < 1.29 is 9.53 Å². The normalized spacial score (nSPS) is 15.2. The van der Waals surface area contributed by atoms with Gasteiger partial charge in [0.2, 0.25) is 5.88 Å². The first kappa shape index (κ1) is 17.9. The molecule has 1 N–H and O–H groups in total. The number of hydrogen-bond donors (Lipinski definition) is 1. The summed E-state index contributed by atoms with van der Waals surface area (Å²) in [6.45, 7) is 4.07. The summed E-state index contributed by atoms with van der Waals surface area (Å²) >= 11 is 0. The molecule has 0 aliphatic carbocycles. The Bertz CT molecular complexity index is 723. The van der Waals surface area contributed by atoms with Crippen LogP contribution >= 0.6 is 0 Å². The fourth-order valence-corrected chi connectivity index (χ4v) is 2.81. The van der Waals surface area contributed by atoms with Crippen LogP contribution in [0.15, 0.2) is 54.7 Å². The van der Waals surface area contributed by atoms with Crippen LogP contribution in [0.5, 0.6) is 5.88 Å². The fourth-order valence-electron chi connectivity index (χ4n) is 2.81. The van der Waals surface area contributed by atoms with Crippen LogP contribution in [0.4, 0.5) is 10.5 Å². The molecule has 0 radical (unpaired) electrons. The molecule has 0 saturated carbocycles. The Morgan fingerprint density at radius 1 is 1.15 bits per heavy atom. The predicted molar refractivity (Wildman–Crippen MR) is 103 cm³/mol. The number of methoxy groups -OCH3 is 1. The van der Waals surface area contributed by atoms with Crippen LogP contribution in [0.25, 0.3) is 6.08 Å². The van der Waals surface area contributed by atoms with Gasteiger partial charge in [0.05, 0.1) is 19.0 Å². The lowest BCUT2D eigenvalue weighted by atomic mass is 10.2. The quantitative estimate of drug-likeness (QED) is 0.899. The highest BCUT2D eigenvalue weighted by Crippen LogP contribution is 2.12. The third-order valence-electron chi connectivity index (χ3n) is 4.33. The summed E-state index contributed by atoms with van der Waals surface area (Å²) in [5, 5.41) is 2.88. The van der Waals surface area contributed by atoms with E-state index in [0.29, 0.717) is 24.7 Å². The number of nitrogens with one attached hydrogen (secondary N) is 1. The van der Waals surface area contributed by atoms with Gasteiger partial charge in [-0.1, -0.05) is 42.5 Å². The lowest BCUT2D eigenvalue weighted by Crippen LogP contribution is -2.49. The molecule has 136 valence electrons. The smallest absolute Gasteiger partial charge is 0.321 e. The number of piperazine rings is 1. The zero-order chi connectivity index (χ0) is 18.2. The molecule has 1 aromatic carbocycles. The van der Waals surface area contributed by atoms with Gasteiger partial charge < -0.3 is 15.0 Å². The Labute approximate surface area is 154 Å². The highest BCUT2D eigenvalue weighted by Gasteiger charge is 2.20. The van der Waals surface area contributed by atoms with Crippen LogP contribution in [0, 0.1) is 0 Å². The van der Waals surface area contributed by atoms with E-state index < -0.39 is 0 Å². The SMILES string of the molecule is COc1ccc(NC(=O)N2CCN(C/C=C/c3ccccc3)CC2)cn1. The van der Waals surface area contributed by atoms with Crippen molar-refractivity contribution in [1.29, 1.82) is 0 Å². The minimum absolute atomic E-state index is 0.0866. The van der Waals surface area contributed by atoms with Gasteiger partial charge in [-0.3, -0.25) is 4.90 Å². The van der Waals surface area contributed by atoms with Gasteiger partial charge in [-0.2, -0.15) is 0 Å². The predicted octanol–water partition coefficient (Wildman–Crippen LogP) is 2.95. The number of aromatic nitrogens is 1. The number of hydrogen-bond acceptors (Lipinski definition) is 4. The monoisotopic (exact) mass is 352 g/mol. The van der Waals surface area contributed by atoms with Crippen LogP contribution in [-0.4, -0.2) is 60.6 Å². The Morgan fingerprint density at radius 3 is 2.58 bits per heavy atom. The fraction of sp³-hybridized carbons (Fsp3) is 0.300. The van der Waals surface area contributed by atoms with Crippen molar-refractivity contribution in [2.24, 2.45) is 0 Å². The summed E-state index contributed by atoms with van der Waals surface area (Å²) in [4.78, 5) is 20.6. The van der Waals surface area contributed by atoms with Gasteiger partial charge >= 0.3 is 6.03 Å². The van der Waals surface area contributed by atoms with Gasteiger partial charge in [-0.05, 0) is 11.6 Å². The number of benzene rings is 1. The summed E-state index contributed by atoms with van der Waals surface area (Å²) in [7, 11) is 1.56. The van der Waals surface area contributed by atoms with E-state index in [-0.39, 0.29) is 6.03 Å². The Hall–Kier alpha value is -2.86. The lowest BCUT2D eigenvalue weighted by molar-refractivity contribution is 0.156. The highest BCUT2D eigenvalue weighted by molar-refractivity contribution is 5.89. The van der Waals surface area contributed by atoms with Gasteiger partial charge in [0.1, 0.15) is 0 Å². The molecule has 26 heavy (non-hydrogen) atoms. The van der Waals surface area contributed by atoms with E-state index in [9.17, 15) is 4.79 Å². The third-order valence-corrected chi connectivity index (χ3v) is 4.33. The van der Waals surface area contributed by atoms with Crippen molar-refractivity contribution in [3.8, 4) is 5.88 Å². The first-order valence-electron chi connectivity index (χ1n) is 8.74. The number of amides is 2. The number of rotatable bonds is 5. The van der Waals surface area contributed by atoms with Crippen molar-refractivity contribution in [2.75, 3.05) is 45.2 Å². The standard InChI is InChI=1S/C20H24N4O2/c1-26-19-10-9-18(16-21-19)22-20(25)24-14-12-23(13-15-24)11-5-8-17-6-3-2-4-7-17/h2-10,16H,11-15H2,1H3,(H,22,25)/b8-5+. The van der Waals surface area contributed by atoms with Gasteiger partial charge in [0.15, 0.2) is 0 Å². The number of pyridine rings is 1. The molecule has 0 spiro atoms. The molecular formula is C20H24N4O2. The summed E-state index contributed by atoms with van der Waals surface area (Å²) in [6, 6.07) is 13.7. The molecule has 0 atom stereocenters. The Balaban J connectivity index is 1.42. The summed E-state index contributed by atoms with van der Waals surface area (Å²) in [6.07, 6.45) is 5.91. The van der Waals surface area contributed by atoms with Gasteiger partial charge in [0, 0.05) is 38.8 Å². The van der Waals surface area contributed by atoms with E-state index >= 15 is 0 Å². The maximum absolute atomic E-state index is 12.4. The largest absolute Gasteiger partial charge is 0.481 e. The molecule has 1 fully saturated rings. The van der Waals surface area contributed by atoms with Gasteiger partial charge in [0.25, 0.3) is 0 Å². The van der Waals surface area contributed by atoms with E-state index in [2.05, 4.69) is 39.5 Å². The molecule has 2 heterocycles. The first-order chi connectivity index (χ1) is 12.7. The molecular weight excluding hydrogens is 328 g/mol. The van der Waals surface area contributed by atoms with Crippen LogP contribution in [0.1, 0.15) is 5.56 Å². The number of carbonyl (C=O) groups excluding carboxylic acids is 1. The number of anilines is 1. The molecule has 1 aliphatic heterocycles. The molecule has 1 saturated heterocycles.